The number of rotatable bonds is 5. The number of carbonyl (C=O) groups excluding carboxylic acids is 1. The van der Waals surface area contributed by atoms with Crippen LogP contribution in [0.25, 0.3) is 11.5 Å². The molecule has 0 fully saturated rings. The summed E-state index contributed by atoms with van der Waals surface area (Å²) in [7, 11) is -2.02. The van der Waals surface area contributed by atoms with Crippen LogP contribution in [0.5, 0.6) is 5.75 Å². The van der Waals surface area contributed by atoms with Crippen LogP contribution in [0.1, 0.15) is 10.4 Å². The fourth-order valence-corrected chi connectivity index (χ4v) is 3.23. The lowest BCUT2D eigenvalue weighted by atomic mass is 10.2. The molecule has 0 aliphatic rings. The molecule has 0 atom stereocenters. The highest BCUT2D eigenvalue weighted by Crippen LogP contribution is 2.27. The molecular formula is C17H15N3O5S. The number of carbonyl (C=O) groups is 1. The van der Waals surface area contributed by atoms with Gasteiger partial charge in [-0.25, -0.2) is 8.42 Å². The molecule has 0 aliphatic carbocycles. The van der Waals surface area contributed by atoms with E-state index in [2.05, 4.69) is 15.5 Å². The van der Waals surface area contributed by atoms with Crippen LogP contribution in [0.2, 0.25) is 0 Å². The third-order valence-electron chi connectivity index (χ3n) is 3.51. The molecule has 0 bridgehead atoms. The maximum Gasteiger partial charge on any atom is 0.322 e. The van der Waals surface area contributed by atoms with E-state index in [1.54, 1.807) is 42.5 Å². The topological polar surface area (TPSA) is 111 Å². The van der Waals surface area contributed by atoms with Gasteiger partial charge in [0.15, 0.2) is 9.84 Å². The van der Waals surface area contributed by atoms with Crippen molar-refractivity contribution in [1.29, 1.82) is 0 Å². The van der Waals surface area contributed by atoms with Crippen LogP contribution < -0.4 is 10.1 Å². The van der Waals surface area contributed by atoms with Crippen molar-refractivity contribution >= 4 is 21.8 Å². The number of amides is 1. The average molecular weight is 373 g/mol. The zero-order chi connectivity index (χ0) is 18.7. The predicted molar refractivity (Wildman–Crippen MR) is 93.8 cm³/mol. The number of hydrogen-bond acceptors (Lipinski definition) is 7. The second-order valence-electron chi connectivity index (χ2n) is 5.34. The predicted octanol–water partition coefficient (Wildman–Crippen LogP) is 2.40. The summed E-state index contributed by atoms with van der Waals surface area (Å²) in [6.07, 6.45) is 1.09. The normalized spacial score (nSPS) is 11.2. The summed E-state index contributed by atoms with van der Waals surface area (Å²) in [6, 6.07) is 12.8. The van der Waals surface area contributed by atoms with Gasteiger partial charge in [-0.2, -0.15) is 0 Å². The number of para-hydroxylation sites is 1. The monoisotopic (exact) mass is 373 g/mol. The highest BCUT2D eigenvalue weighted by Gasteiger charge is 2.20. The Morgan fingerprint density at radius 3 is 2.50 bits per heavy atom. The van der Waals surface area contributed by atoms with Gasteiger partial charge in [-0.15, -0.1) is 5.10 Å². The van der Waals surface area contributed by atoms with Crippen molar-refractivity contribution in [2.75, 3.05) is 18.7 Å². The summed E-state index contributed by atoms with van der Waals surface area (Å²) >= 11 is 0. The Morgan fingerprint density at radius 2 is 1.77 bits per heavy atom. The SMILES string of the molecule is COc1ccccc1C(=O)Nc1nnc(-c2ccccc2S(C)(=O)=O)o1. The van der Waals surface area contributed by atoms with E-state index in [1.807, 2.05) is 0 Å². The van der Waals surface area contributed by atoms with Crippen LogP contribution in [0.4, 0.5) is 6.01 Å². The Hall–Kier alpha value is -3.20. The smallest absolute Gasteiger partial charge is 0.322 e. The minimum Gasteiger partial charge on any atom is -0.496 e. The minimum absolute atomic E-state index is 0.0126. The quantitative estimate of drug-likeness (QED) is 0.731. The van der Waals surface area contributed by atoms with E-state index in [9.17, 15) is 13.2 Å². The zero-order valence-corrected chi connectivity index (χ0v) is 14.8. The first-order chi connectivity index (χ1) is 12.4. The van der Waals surface area contributed by atoms with Gasteiger partial charge in [-0.3, -0.25) is 10.1 Å². The van der Waals surface area contributed by atoms with Crippen LogP contribution in [0, 0.1) is 0 Å². The molecule has 9 heteroatoms. The molecular weight excluding hydrogens is 358 g/mol. The molecule has 0 spiro atoms. The molecule has 1 aromatic heterocycles. The van der Waals surface area contributed by atoms with Gasteiger partial charge in [-0.1, -0.05) is 29.4 Å². The average Bonchev–Trinajstić information content (AvgIpc) is 3.09. The van der Waals surface area contributed by atoms with Gasteiger partial charge >= 0.3 is 6.01 Å². The van der Waals surface area contributed by atoms with Crippen molar-refractivity contribution in [3.63, 3.8) is 0 Å². The zero-order valence-electron chi connectivity index (χ0n) is 14.0. The fourth-order valence-electron chi connectivity index (χ4n) is 2.35. The number of ether oxygens (including phenoxy) is 1. The number of aromatic nitrogens is 2. The summed E-state index contributed by atoms with van der Waals surface area (Å²) < 4.78 is 34.3. The summed E-state index contributed by atoms with van der Waals surface area (Å²) in [5.41, 5.74) is 0.562. The van der Waals surface area contributed by atoms with E-state index in [0.717, 1.165) is 6.26 Å². The van der Waals surface area contributed by atoms with E-state index < -0.39 is 15.7 Å². The molecule has 3 rings (SSSR count). The lowest BCUT2D eigenvalue weighted by Crippen LogP contribution is -2.13. The number of sulfone groups is 1. The molecule has 0 saturated heterocycles. The Labute approximate surface area is 149 Å². The van der Waals surface area contributed by atoms with Crippen molar-refractivity contribution in [2.45, 2.75) is 4.90 Å². The van der Waals surface area contributed by atoms with Crippen molar-refractivity contribution < 1.29 is 22.4 Å². The molecule has 3 aromatic rings. The molecule has 1 amide bonds. The van der Waals surface area contributed by atoms with Crippen molar-refractivity contribution in [1.82, 2.24) is 10.2 Å². The van der Waals surface area contributed by atoms with E-state index in [4.69, 9.17) is 9.15 Å². The first-order valence-corrected chi connectivity index (χ1v) is 9.36. The Balaban J connectivity index is 1.89. The molecule has 0 aliphatic heterocycles. The van der Waals surface area contributed by atoms with E-state index in [-0.39, 0.29) is 22.4 Å². The molecule has 0 unspecified atom stereocenters. The van der Waals surface area contributed by atoms with Crippen LogP contribution in [0.15, 0.2) is 57.8 Å². The van der Waals surface area contributed by atoms with E-state index in [0.29, 0.717) is 11.3 Å². The highest BCUT2D eigenvalue weighted by molar-refractivity contribution is 7.90. The number of methoxy groups -OCH3 is 1. The maximum absolute atomic E-state index is 12.4. The van der Waals surface area contributed by atoms with Gasteiger partial charge in [0.2, 0.25) is 0 Å². The van der Waals surface area contributed by atoms with Gasteiger partial charge in [0.25, 0.3) is 11.8 Å². The third-order valence-corrected chi connectivity index (χ3v) is 4.67. The molecule has 0 radical (unpaired) electrons. The van der Waals surface area contributed by atoms with Gasteiger partial charge in [0.05, 0.1) is 23.1 Å². The minimum atomic E-state index is -3.48. The van der Waals surface area contributed by atoms with Crippen molar-refractivity contribution in [3.8, 4) is 17.2 Å². The van der Waals surface area contributed by atoms with E-state index >= 15 is 0 Å². The molecule has 0 saturated carbocycles. The summed E-state index contributed by atoms with van der Waals surface area (Å²) in [6.45, 7) is 0. The molecule has 1 heterocycles. The molecule has 26 heavy (non-hydrogen) atoms. The standard InChI is InChI=1S/C17H15N3O5S/c1-24-13-9-5-3-7-11(13)15(21)18-17-20-19-16(25-17)12-8-4-6-10-14(12)26(2,22)23/h3-10H,1-2H3,(H,18,20,21). The lowest BCUT2D eigenvalue weighted by molar-refractivity contribution is 0.102. The van der Waals surface area contributed by atoms with Gasteiger partial charge in [-0.05, 0) is 24.3 Å². The fraction of sp³-hybridized carbons (Fsp3) is 0.118. The lowest BCUT2D eigenvalue weighted by Gasteiger charge is -2.06. The van der Waals surface area contributed by atoms with Crippen molar-refractivity contribution in [3.05, 3.63) is 54.1 Å². The first kappa shape index (κ1) is 17.6. The van der Waals surface area contributed by atoms with Crippen LogP contribution in [0.3, 0.4) is 0 Å². The van der Waals surface area contributed by atoms with Crippen LogP contribution in [-0.2, 0) is 9.84 Å². The third kappa shape index (κ3) is 3.57. The van der Waals surface area contributed by atoms with Crippen LogP contribution in [-0.4, -0.2) is 37.9 Å². The largest absolute Gasteiger partial charge is 0.496 e. The second-order valence-corrected chi connectivity index (χ2v) is 7.32. The van der Waals surface area contributed by atoms with Crippen molar-refractivity contribution in [2.24, 2.45) is 0 Å². The maximum atomic E-state index is 12.4. The van der Waals surface area contributed by atoms with Crippen LogP contribution >= 0.6 is 0 Å². The molecule has 8 nitrogen and oxygen atoms in total. The number of benzene rings is 2. The summed E-state index contributed by atoms with van der Waals surface area (Å²) in [4.78, 5) is 12.4. The Morgan fingerprint density at radius 1 is 1.08 bits per heavy atom. The summed E-state index contributed by atoms with van der Waals surface area (Å²) in [5, 5.41) is 10.0. The molecule has 2 aromatic carbocycles. The second kappa shape index (κ2) is 6.96. The first-order valence-electron chi connectivity index (χ1n) is 7.47. The van der Waals surface area contributed by atoms with Gasteiger partial charge < -0.3 is 9.15 Å². The summed E-state index contributed by atoms with van der Waals surface area (Å²) in [5.74, 6) is -0.109. The molecule has 1 N–H and O–H groups in total. The number of nitrogens with zero attached hydrogens (tertiary/aromatic N) is 2. The number of anilines is 1. The number of hydrogen-bond donors (Lipinski definition) is 1. The Kier molecular flexibility index (Phi) is 4.72. The Bertz CT molecular complexity index is 1060. The van der Waals surface area contributed by atoms with Gasteiger partial charge in [0.1, 0.15) is 5.75 Å². The van der Waals surface area contributed by atoms with E-state index in [1.165, 1.54) is 13.2 Å². The molecule has 134 valence electrons. The number of nitrogens with one attached hydrogen (secondary N) is 1. The highest BCUT2D eigenvalue weighted by atomic mass is 32.2. The van der Waals surface area contributed by atoms with Gasteiger partial charge in [0, 0.05) is 6.26 Å².